The summed E-state index contributed by atoms with van der Waals surface area (Å²) in [6.07, 6.45) is 6.98. The Balaban J connectivity index is 1.79. The van der Waals surface area contributed by atoms with Crippen molar-refractivity contribution in [2.45, 2.75) is 64.9 Å². The highest BCUT2D eigenvalue weighted by Gasteiger charge is 2.61. The average molecular weight is 302 g/mol. The first kappa shape index (κ1) is 14.5. The summed E-state index contributed by atoms with van der Waals surface area (Å²) < 4.78 is 6.35. The second kappa shape index (κ2) is 4.46. The van der Waals surface area contributed by atoms with Crippen molar-refractivity contribution in [1.29, 1.82) is 0 Å². The Bertz CT molecular complexity index is 577. The first-order valence-electron chi connectivity index (χ1n) is 8.82. The summed E-state index contributed by atoms with van der Waals surface area (Å²) in [6, 6.07) is 0. The van der Waals surface area contributed by atoms with E-state index in [4.69, 9.17) is 4.74 Å². The van der Waals surface area contributed by atoms with Crippen molar-refractivity contribution in [3.05, 3.63) is 11.8 Å². The lowest BCUT2D eigenvalue weighted by Gasteiger charge is -2.57. The van der Waals surface area contributed by atoms with Crippen molar-refractivity contribution in [2.24, 2.45) is 29.1 Å². The highest BCUT2D eigenvalue weighted by atomic mass is 16.5. The molecule has 0 aromatic heterocycles. The molecule has 0 amide bonds. The third kappa shape index (κ3) is 1.74. The minimum absolute atomic E-state index is 0.128. The van der Waals surface area contributed by atoms with E-state index in [0.717, 1.165) is 37.9 Å². The zero-order valence-electron chi connectivity index (χ0n) is 13.9. The molecule has 0 N–H and O–H groups in total. The summed E-state index contributed by atoms with van der Waals surface area (Å²) in [5.41, 5.74) is -0.348. The summed E-state index contributed by atoms with van der Waals surface area (Å²) in [5.74, 6) is 3.25. The van der Waals surface area contributed by atoms with Crippen LogP contribution >= 0.6 is 0 Å². The number of Topliss-reactive ketones (excluding diaryl/α,β-unsaturated/α-hetero) is 1. The van der Waals surface area contributed by atoms with Gasteiger partial charge in [-0.25, -0.2) is 0 Å². The molecule has 3 heteroatoms. The van der Waals surface area contributed by atoms with Gasteiger partial charge in [0, 0.05) is 36.2 Å². The number of hydrogen-bond acceptors (Lipinski definition) is 3. The van der Waals surface area contributed by atoms with E-state index in [-0.39, 0.29) is 22.7 Å². The van der Waals surface area contributed by atoms with Crippen LogP contribution in [-0.2, 0) is 14.3 Å². The van der Waals surface area contributed by atoms with Gasteiger partial charge < -0.3 is 4.74 Å². The molecule has 6 atom stereocenters. The molecule has 2 heterocycles. The van der Waals surface area contributed by atoms with Crippen molar-refractivity contribution < 1.29 is 14.3 Å². The minimum atomic E-state index is -0.220. The van der Waals surface area contributed by atoms with Gasteiger partial charge in [0.05, 0.1) is 0 Å². The van der Waals surface area contributed by atoms with E-state index < -0.39 is 0 Å². The van der Waals surface area contributed by atoms with Crippen molar-refractivity contribution in [3.8, 4) is 0 Å². The molecule has 3 nitrogen and oxygen atoms in total. The van der Waals surface area contributed by atoms with E-state index in [1.807, 2.05) is 0 Å². The van der Waals surface area contributed by atoms with Crippen LogP contribution in [0.1, 0.15) is 59.3 Å². The van der Waals surface area contributed by atoms with Gasteiger partial charge in [-0.1, -0.05) is 13.8 Å². The fraction of sp³-hybridized carbons (Fsp3) is 0.789. The zero-order valence-corrected chi connectivity index (χ0v) is 13.9. The van der Waals surface area contributed by atoms with E-state index in [2.05, 4.69) is 20.8 Å². The van der Waals surface area contributed by atoms with E-state index in [1.165, 1.54) is 0 Å². The summed E-state index contributed by atoms with van der Waals surface area (Å²) in [4.78, 5) is 24.5. The highest BCUT2D eigenvalue weighted by molar-refractivity contribution is 5.90. The van der Waals surface area contributed by atoms with Crippen molar-refractivity contribution >= 4 is 11.6 Å². The number of allylic oxidation sites excluding steroid dienone is 2. The molecule has 120 valence electrons. The maximum absolute atomic E-state index is 12.5. The molecule has 0 unspecified atom stereocenters. The summed E-state index contributed by atoms with van der Waals surface area (Å²) in [7, 11) is 0. The molecular weight excluding hydrogens is 276 g/mol. The lowest BCUT2D eigenvalue weighted by Crippen LogP contribution is -2.55. The number of rotatable bonds is 0. The van der Waals surface area contributed by atoms with Gasteiger partial charge in [-0.05, 0) is 44.4 Å². The number of fused-ring (bicyclic) bond motifs is 6. The molecule has 4 rings (SSSR count). The minimum Gasteiger partial charge on any atom is -0.491 e. The lowest BCUT2D eigenvalue weighted by atomic mass is 9.52. The Hall–Kier alpha value is -1.12. The first-order valence-corrected chi connectivity index (χ1v) is 8.82. The fourth-order valence-electron chi connectivity index (χ4n) is 6.00. The standard InChI is InChI=1S/C19H26O3/c1-11-15-10-12(20)6-9-19(3,22-15)14-7-8-18(2)13(17(11)14)4-5-16(18)21/h10-11,13-14,17H,4-9H2,1-3H3/t11-,13-,14-,17+,18+,19-/m0/s1. The molecule has 2 aliphatic heterocycles. The van der Waals surface area contributed by atoms with Crippen LogP contribution in [0.5, 0.6) is 0 Å². The van der Waals surface area contributed by atoms with Crippen molar-refractivity contribution in [3.63, 3.8) is 0 Å². The normalized spacial score (nSPS) is 50.6. The van der Waals surface area contributed by atoms with E-state index in [9.17, 15) is 9.59 Å². The molecular formula is C19H26O3. The Labute approximate surface area is 132 Å². The van der Waals surface area contributed by atoms with Gasteiger partial charge in [0.25, 0.3) is 0 Å². The number of ketones is 2. The second-order valence-electron chi connectivity index (χ2n) is 8.42. The monoisotopic (exact) mass is 302 g/mol. The van der Waals surface area contributed by atoms with Crippen LogP contribution in [0.3, 0.4) is 0 Å². The van der Waals surface area contributed by atoms with E-state index >= 15 is 0 Å². The van der Waals surface area contributed by atoms with Crippen LogP contribution < -0.4 is 0 Å². The highest BCUT2D eigenvalue weighted by Crippen LogP contribution is 2.62. The van der Waals surface area contributed by atoms with E-state index in [1.54, 1.807) is 6.08 Å². The van der Waals surface area contributed by atoms with E-state index in [0.29, 0.717) is 30.0 Å². The van der Waals surface area contributed by atoms with Gasteiger partial charge >= 0.3 is 0 Å². The van der Waals surface area contributed by atoms with Crippen LogP contribution in [0.4, 0.5) is 0 Å². The number of carbonyl (C=O) groups excluding carboxylic acids is 2. The molecule has 2 aliphatic carbocycles. The molecule has 0 aromatic rings. The molecule has 1 saturated heterocycles. The number of hydrogen-bond donors (Lipinski definition) is 0. The fourth-order valence-corrected chi connectivity index (χ4v) is 6.00. The Morgan fingerprint density at radius 2 is 1.86 bits per heavy atom. The van der Waals surface area contributed by atoms with Crippen LogP contribution in [0.25, 0.3) is 0 Å². The van der Waals surface area contributed by atoms with Crippen molar-refractivity contribution in [2.75, 3.05) is 0 Å². The molecule has 0 radical (unpaired) electrons. The summed E-state index contributed by atoms with van der Waals surface area (Å²) in [5, 5.41) is 0. The van der Waals surface area contributed by atoms with Crippen LogP contribution in [0.15, 0.2) is 11.8 Å². The molecule has 22 heavy (non-hydrogen) atoms. The van der Waals surface area contributed by atoms with Gasteiger partial charge in [0.15, 0.2) is 5.78 Å². The maximum Gasteiger partial charge on any atom is 0.159 e. The first-order chi connectivity index (χ1) is 10.3. The third-order valence-electron chi connectivity index (χ3n) is 7.37. The molecule has 2 bridgehead atoms. The van der Waals surface area contributed by atoms with Gasteiger partial charge in [0.2, 0.25) is 0 Å². The zero-order chi connectivity index (χ0) is 15.7. The SMILES string of the molecule is C[C@H]1C2=CC(=O)CC[C@](C)(O2)[C@H]2CC[C@@]3(C)C(=O)CC[C@H]3[C@@H]12. The van der Waals surface area contributed by atoms with Crippen LogP contribution in [0.2, 0.25) is 0 Å². The molecule has 0 aromatic carbocycles. The quantitative estimate of drug-likeness (QED) is 0.685. The largest absolute Gasteiger partial charge is 0.491 e. The Morgan fingerprint density at radius 3 is 2.64 bits per heavy atom. The van der Waals surface area contributed by atoms with Gasteiger partial charge in [-0.15, -0.1) is 0 Å². The Kier molecular flexibility index (Phi) is 2.93. The average Bonchev–Trinajstić information content (AvgIpc) is 2.69. The van der Waals surface area contributed by atoms with Gasteiger partial charge in [-0.3, -0.25) is 9.59 Å². The van der Waals surface area contributed by atoms with Gasteiger partial charge in [0.1, 0.15) is 17.1 Å². The molecule has 3 fully saturated rings. The predicted molar refractivity (Wildman–Crippen MR) is 83.0 cm³/mol. The molecule has 2 saturated carbocycles. The van der Waals surface area contributed by atoms with Crippen molar-refractivity contribution in [1.82, 2.24) is 0 Å². The third-order valence-corrected chi connectivity index (χ3v) is 7.37. The topological polar surface area (TPSA) is 43.4 Å². The lowest BCUT2D eigenvalue weighted by molar-refractivity contribution is -0.165. The maximum atomic E-state index is 12.5. The second-order valence-corrected chi connectivity index (χ2v) is 8.42. The Morgan fingerprint density at radius 1 is 1.09 bits per heavy atom. The van der Waals surface area contributed by atoms with Crippen LogP contribution in [-0.4, -0.2) is 17.2 Å². The number of carbonyl (C=O) groups is 2. The van der Waals surface area contributed by atoms with Gasteiger partial charge in [-0.2, -0.15) is 0 Å². The smallest absolute Gasteiger partial charge is 0.159 e. The summed E-state index contributed by atoms with van der Waals surface area (Å²) >= 11 is 0. The predicted octanol–water partition coefficient (Wildman–Crippen LogP) is 3.67. The molecule has 4 aliphatic rings. The summed E-state index contributed by atoms with van der Waals surface area (Å²) in [6.45, 7) is 6.59. The van der Waals surface area contributed by atoms with Crippen LogP contribution in [0, 0.1) is 29.1 Å². The number of ether oxygens (including phenoxy) is 1. The molecule has 0 spiro atoms.